The maximum Gasteiger partial charge on any atom is 0.419 e. The van der Waals surface area contributed by atoms with Crippen molar-refractivity contribution in [3.63, 3.8) is 0 Å². The Morgan fingerprint density at radius 2 is 2.07 bits per heavy atom. The van der Waals surface area contributed by atoms with E-state index in [1.54, 1.807) is 24.3 Å². The Morgan fingerprint density at radius 3 is 2.89 bits per heavy atom. The van der Waals surface area contributed by atoms with Gasteiger partial charge in [0, 0.05) is 13.0 Å². The largest absolute Gasteiger partial charge is 0.419 e. The molecular weight excluding hydrogens is 367 g/mol. The van der Waals surface area contributed by atoms with E-state index in [0.717, 1.165) is 0 Å². The number of benzene rings is 2. The first kappa shape index (κ1) is 17.6. The molecule has 28 heavy (non-hydrogen) atoms. The van der Waals surface area contributed by atoms with Gasteiger partial charge in [0.1, 0.15) is 12.1 Å². The van der Waals surface area contributed by atoms with Gasteiger partial charge in [0.15, 0.2) is 5.58 Å². The summed E-state index contributed by atoms with van der Waals surface area (Å²) in [7, 11) is 0. The molecule has 0 unspecified atom stereocenters. The SMILES string of the molecule is O=C(CCCn1c(=O)oc2ccccc21)Nc1cc(-n2cnnn2)ccc1F. The molecule has 0 aliphatic rings. The number of hydrogen-bond acceptors (Lipinski definition) is 6. The summed E-state index contributed by atoms with van der Waals surface area (Å²) in [5, 5.41) is 13.3. The van der Waals surface area contributed by atoms with Crippen LogP contribution in [0.2, 0.25) is 0 Å². The van der Waals surface area contributed by atoms with Crippen LogP contribution < -0.4 is 11.1 Å². The van der Waals surface area contributed by atoms with Crippen molar-refractivity contribution >= 4 is 22.7 Å². The van der Waals surface area contributed by atoms with E-state index in [-0.39, 0.29) is 18.0 Å². The number of nitrogens with zero attached hydrogens (tertiary/aromatic N) is 5. The van der Waals surface area contributed by atoms with E-state index >= 15 is 0 Å². The summed E-state index contributed by atoms with van der Waals surface area (Å²) in [5.74, 6) is -1.40. The highest BCUT2D eigenvalue weighted by Gasteiger charge is 2.12. The van der Waals surface area contributed by atoms with Gasteiger partial charge in [-0.2, -0.15) is 0 Å². The molecule has 4 aromatic rings. The number of hydrogen-bond donors (Lipinski definition) is 1. The van der Waals surface area contributed by atoms with Crippen LogP contribution in [0.25, 0.3) is 16.8 Å². The predicted octanol–water partition coefficient (Wildman–Crippen LogP) is 2.13. The van der Waals surface area contributed by atoms with E-state index < -0.39 is 11.6 Å². The fraction of sp³-hybridized carbons (Fsp3) is 0.167. The number of aromatic nitrogens is 5. The second-order valence-electron chi connectivity index (χ2n) is 6.06. The highest BCUT2D eigenvalue weighted by atomic mass is 19.1. The minimum atomic E-state index is -0.567. The van der Waals surface area contributed by atoms with Crippen LogP contribution in [0.1, 0.15) is 12.8 Å². The van der Waals surface area contributed by atoms with Crippen LogP contribution in [0.5, 0.6) is 0 Å². The van der Waals surface area contributed by atoms with Gasteiger partial charge in [-0.1, -0.05) is 12.1 Å². The van der Waals surface area contributed by atoms with Gasteiger partial charge in [-0.25, -0.2) is 13.9 Å². The molecule has 0 aliphatic heterocycles. The third kappa shape index (κ3) is 3.52. The number of rotatable bonds is 6. The van der Waals surface area contributed by atoms with Crippen LogP contribution in [0.3, 0.4) is 0 Å². The summed E-state index contributed by atoms with van der Waals surface area (Å²) in [5.41, 5.74) is 1.72. The summed E-state index contributed by atoms with van der Waals surface area (Å²) >= 11 is 0. The van der Waals surface area contributed by atoms with E-state index in [2.05, 4.69) is 20.8 Å². The topological polar surface area (TPSA) is 108 Å². The monoisotopic (exact) mass is 382 g/mol. The van der Waals surface area contributed by atoms with Crippen molar-refractivity contribution in [3.8, 4) is 5.69 Å². The number of oxazole rings is 1. The third-order valence-corrected chi connectivity index (χ3v) is 4.20. The summed E-state index contributed by atoms with van der Waals surface area (Å²) in [6, 6.07) is 11.2. The lowest BCUT2D eigenvalue weighted by Gasteiger charge is -2.08. The molecule has 2 aromatic carbocycles. The molecule has 0 spiro atoms. The first-order valence-corrected chi connectivity index (χ1v) is 8.53. The molecule has 0 saturated carbocycles. The predicted molar refractivity (Wildman–Crippen MR) is 97.4 cm³/mol. The first-order valence-electron chi connectivity index (χ1n) is 8.53. The second kappa shape index (κ2) is 7.43. The van der Waals surface area contributed by atoms with Crippen molar-refractivity contribution < 1.29 is 13.6 Å². The molecule has 4 rings (SSSR count). The minimum absolute atomic E-state index is 0.0314. The highest BCUT2D eigenvalue weighted by Crippen LogP contribution is 2.19. The molecule has 1 N–H and O–H groups in total. The molecule has 142 valence electrons. The lowest BCUT2D eigenvalue weighted by molar-refractivity contribution is -0.116. The molecule has 1 amide bonds. The Morgan fingerprint density at radius 1 is 1.21 bits per heavy atom. The molecule has 2 aromatic heterocycles. The number of anilines is 1. The van der Waals surface area contributed by atoms with Crippen molar-refractivity contribution in [3.05, 3.63) is 65.2 Å². The zero-order chi connectivity index (χ0) is 19.5. The molecule has 9 nitrogen and oxygen atoms in total. The zero-order valence-electron chi connectivity index (χ0n) is 14.6. The number of carbonyl (C=O) groups excluding carboxylic acids is 1. The summed E-state index contributed by atoms with van der Waals surface area (Å²) in [4.78, 5) is 24.1. The summed E-state index contributed by atoms with van der Waals surface area (Å²) < 4.78 is 22.0. The van der Waals surface area contributed by atoms with Crippen molar-refractivity contribution in [1.82, 2.24) is 24.8 Å². The zero-order valence-corrected chi connectivity index (χ0v) is 14.6. The number of amides is 1. The smallest absolute Gasteiger partial charge is 0.408 e. The van der Waals surface area contributed by atoms with Crippen molar-refractivity contribution in [2.24, 2.45) is 0 Å². The van der Waals surface area contributed by atoms with Gasteiger partial charge in [-0.3, -0.25) is 9.36 Å². The standard InChI is InChI=1S/C18H15FN6O3/c19-13-8-7-12(25-11-20-22-23-25)10-14(13)21-17(26)6-3-9-24-15-4-1-2-5-16(15)28-18(24)27/h1-2,4-5,7-8,10-11H,3,6,9H2,(H,21,26). The molecule has 0 aliphatic carbocycles. The van der Waals surface area contributed by atoms with Crippen molar-refractivity contribution in [1.29, 1.82) is 0 Å². The molecule has 2 heterocycles. The minimum Gasteiger partial charge on any atom is -0.408 e. The quantitative estimate of drug-likeness (QED) is 0.547. The van der Waals surface area contributed by atoms with Crippen molar-refractivity contribution in [2.75, 3.05) is 5.32 Å². The van der Waals surface area contributed by atoms with Crippen LogP contribution >= 0.6 is 0 Å². The van der Waals surface area contributed by atoms with E-state index in [9.17, 15) is 14.0 Å². The Labute approximate surface area is 157 Å². The van der Waals surface area contributed by atoms with Crippen LogP contribution in [0, 0.1) is 5.82 Å². The number of nitrogens with one attached hydrogen (secondary N) is 1. The van der Waals surface area contributed by atoms with Crippen LogP contribution in [0.4, 0.5) is 10.1 Å². The molecule has 0 bridgehead atoms. The van der Waals surface area contributed by atoms with E-state index in [1.807, 2.05) is 0 Å². The van der Waals surface area contributed by atoms with Crippen molar-refractivity contribution in [2.45, 2.75) is 19.4 Å². The van der Waals surface area contributed by atoms with Gasteiger partial charge < -0.3 is 9.73 Å². The van der Waals surface area contributed by atoms with E-state index in [0.29, 0.717) is 29.8 Å². The van der Waals surface area contributed by atoms with Gasteiger partial charge in [0.05, 0.1) is 16.9 Å². The number of carbonyl (C=O) groups is 1. The number of tetrazole rings is 1. The van der Waals surface area contributed by atoms with E-state index in [1.165, 1.54) is 33.8 Å². The molecular formula is C18H15FN6O3. The third-order valence-electron chi connectivity index (χ3n) is 4.20. The fourth-order valence-electron chi connectivity index (χ4n) is 2.87. The molecule has 0 saturated heterocycles. The highest BCUT2D eigenvalue weighted by molar-refractivity contribution is 5.91. The lowest BCUT2D eigenvalue weighted by atomic mass is 10.2. The Kier molecular flexibility index (Phi) is 4.67. The molecule has 0 fully saturated rings. The van der Waals surface area contributed by atoms with E-state index in [4.69, 9.17) is 4.42 Å². The van der Waals surface area contributed by atoms with Crippen LogP contribution in [-0.4, -0.2) is 30.7 Å². The number of para-hydroxylation sites is 2. The second-order valence-corrected chi connectivity index (χ2v) is 6.06. The van der Waals surface area contributed by atoms with Gasteiger partial charge in [-0.05, 0) is 47.2 Å². The average Bonchev–Trinajstić information content (AvgIpc) is 3.32. The first-order chi connectivity index (χ1) is 13.6. The summed E-state index contributed by atoms with van der Waals surface area (Å²) in [6.07, 6.45) is 1.87. The van der Waals surface area contributed by atoms with Gasteiger partial charge in [0.25, 0.3) is 0 Å². The van der Waals surface area contributed by atoms with Crippen LogP contribution in [0.15, 0.2) is 58.0 Å². The Bertz CT molecular complexity index is 1180. The van der Waals surface area contributed by atoms with Crippen LogP contribution in [-0.2, 0) is 11.3 Å². The van der Waals surface area contributed by atoms with Gasteiger partial charge in [0.2, 0.25) is 5.91 Å². The Balaban J connectivity index is 1.40. The molecule has 0 atom stereocenters. The molecule has 0 radical (unpaired) electrons. The van der Waals surface area contributed by atoms with Gasteiger partial charge >= 0.3 is 5.76 Å². The number of halogens is 1. The summed E-state index contributed by atoms with van der Waals surface area (Å²) in [6.45, 7) is 0.316. The lowest BCUT2D eigenvalue weighted by Crippen LogP contribution is -2.17. The number of aryl methyl sites for hydroxylation is 1. The normalized spacial score (nSPS) is 11.0. The maximum atomic E-state index is 14.0. The fourth-order valence-corrected chi connectivity index (χ4v) is 2.87. The molecule has 10 heteroatoms. The van der Waals surface area contributed by atoms with Gasteiger partial charge in [-0.15, -0.1) is 5.10 Å². The Hall–Kier alpha value is -3.82. The maximum absolute atomic E-state index is 14.0. The average molecular weight is 382 g/mol. The number of fused-ring (bicyclic) bond motifs is 1.